The molecule has 6 heteroatoms. The zero-order valence-electron chi connectivity index (χ0n) is 10.4. The first-order chi connectivity index (χ1) is 9.75. The zero-order chi connectivity index (χ0) is 13.9. The van der Waals surface area contributed by atoms with E-state index in [0.29, 0.717) is 0 Å². The van der Waals surface area contributed by atoms with Crippen molar-refractivity contribution in [2.45, 2.75) is 0 Å². The van der Waals surface area contributed by atoms with E-state index in [1.54, 1.807) is 30.5 Å². The highest BCUT2D eigenvalue weighted by molar-refractivity contribution is 6.03. The van der Waals surface area contributed by atoms with Crippen LogP contribution in [0, 0.1) is 0 Å². The molecule has 3 aromatic heterocycles. The Morgan fingerprint density at radius 2 is 1.85 bits per heavy atom. The van der Waals surface area contributed by atoms with Crippen LogP contribution in [0.15, 0.2) is 59.8 Å². The number of carbonyl (C=O) groups excluding carboxylic acids is 1. The van der Waals surface area contributed by atoms with Crippen LogP contribution in [0.1, 0.15) is 10.4 Å². The highest BCUT2D eigenvalue weighted by atomic mass is 16.2. The number of anilines is 1. The van der Waals surface area contributed by atoms with Crippen molar-refractivity contribution in [2.75, 3.05) is 5.32 Å². The van der Waals surface area contributed by atoms with Crippen LogP contribution in [0.2, 0.25) is 0 Å². The van der Waals surface area contributed by atoms with Crippen molar-refractivity contribution in [1.82, 2.24) is 14.4 Å². The molecule has 3 rings (SSSR count). The van der Waals surface area contributed by atoms with Crippen molar-refractivity contribution in [3.05, 3.63) is 70.9 Å². The Hall–Kier alpha value is -3.02. The maximum Gasteiger partial charge on any atom is 0.267 e. The Bertz CT molecular complexity index is 827. The second-order valence-corrected chi connectivity index (χ2v) is 4.07. The number of nitrogens with zero attached hydrogens (tertiary/aromatic N) is 3. The normalized spacial score (nSPS) is 10.4. The average molecular weight is 266 g/mol. The Kier molecular flexibility index (Phi) is 2.96. The first-order valence-corrected chi connectivity index (χ1v) is 5.94. The van der Waals surface area contributed by atoms with Gasteiger partial charge >= 0.3 is 0 Å². The summed E-state index contributed by atoms with van der Waals surface area (Å²) < 4.78 is 1.42. The topological polar surface area (TPSA) is 76.4 Å². The van der Waals surface area contributed by atoms with E-state index in [1.165, 1.54) is 22.9 Å². The first kappa shape index (κ1) is 12.0. The van der Waals surface area contributed by atoms with Gasteiger partial charge in [0, 0.05) is 24.1 Å². The van der Waals surface area contributed by atoms with Gasteiger partial charge in [-0.3, -0.25) is 19.3 Å². The molecule has 0 fully saturated rings. The summed E-state index contributed by atoms with van der Waals surface area (Å²) in [4.78, 5) is 32.1. The molecule has 0 bridgehead atoms. The molecule has 3 heterocycles. The lowest BCUT2D eigenvalue weighted by Gasteiger charge is -2.05. The minimum absolute atomic E-state index is 0.0427. The molecule has 0 saturated carbocycles. The molecule has 0 aliphatic rings. The number of hydrogen-bond donors (Lipinski definition) is 1. The van der Waals surface area contributed by atoms with Crippen LogP contribution in [-0.4, -0.2) is 20.3 Å². The standard InChI is InChI=1S/C14H10N4O2/c19-12(17-14-15-7-3-8-16-14)11-6-5-10-4-1-2-9-18(10)13(11)20/h1-9H,(H,15,16,17,19). The number of fused-ring (bicyclic) bond motifs is 1. The van der Waals surface area contributed by atoms with Gasteiger partial charge in [0.25, 0.3) is 11.5 Å². The van der Waals surface area contributed by atoms with Crippen molar-refractivity contribution in [2.24, 2.45) is 0 Å². The van der Waals surface area contributed by atoms with Crippen molar-refractivity contribution in [1.29, 1.82) is 0 Å². The van der Waals surface area contributed by atoms with Crippen LogP contribution in [0.3, 0.4) is 0 Å². The van der Waals surface area contributed by atoms with Crippen LogP contribution >= 0.6 is 0 Å². The molecule has 98 valence electrons. The van der Waals surface area contributed by atoms with Crippen LogP contribution in [0.4, 0.5) is 5.95 Å². The van der Waals surface area contributed by atoms with E-state index in [9.17, 15) is 9.59 Å². The van der Waals surface area contributed by atoms with Gasteiger partial charge in [0.05, 0.1) is 0 Å². The lowest BCUT2D eigenvalue weighted by Crippen LogP contribution is -2.26. The molecule has 0 unspecified atom stereocenters. The molecular formula is C14H10N4O2. The summed E-state index contributed by atoms with van der Waals surface area (Å²) in [6.07, 6.45) is 4.64. The number of amides is 1. The number of nitrogens with one attached hydrogen (secondary N) is 1. The largest absolute Gasteiger partial charge is 0.290 e. The van der Waals surface area contributed by atoms with Gasteiger partial charge in [-0.1, -0.05) is 6.07 Å². The van der Waals surface area contributed by atoms with Crippen molar-refractivity contribution in [3.8, 4) is 0 Å². The van der Waals surface area contributed by atoms with Gasteiger partial charge in [0.1, 0.15) is 5.56 Å². The average Bonchev–Trinajstić information content (AvgIpc) is 2.49. The number of hydrogen-bond acceptors (Lipinski definition) is 4. The molecule has 6 nitrogen and oxygen atoms in total. The van der Waals surface area contributed by atoms with Crippen LogP contribution in [0.5, 0.6) is 0 Å². The van der Waals surface area contributed by atoms with Crippen molar-refractivity contribution >= 4 is 17.4 Å². The van der Waals surface area contributed by atoms with Crippen molar-refractivity contribution in [3.63, 3.8) is 0 Å². The molecule has 1 N–H and O–H groups in total. The van der Waals surface area contributed by atoms with E-state index in [0.717, 1.165) is 5.52 Å². The van der Waals surface area contributed by atoms with E-state index in [4.69, 9.17) is 0 Å². The van der Waals surface area contributed by atoms with E-state index in [-0.39, 0.29) is 17.1 Å². The fraction of sp³-hybridized carbons (Fsp3) is 0. The zero-order valence-corrected chi connectivity index (χ0v) is 10.4. The highest BCUT2D eigenvalue weighted by Crippen LogP contribution is 2.03. The predicted octanol–water partition coefficient (Wildman–Crippen LogP) is 1.34. The molecule has 0 radical (unpaired) electrons. The second kappa shape index (κ2) is 4.93. The van der Waals surface area contributed by atoms with Crippen LogP contribution in [0.25, 0.3) is 5.52 Å². The minimum atomic E-state index is -0.528. The fourth-order valence-electron chi connectivity index (χ4n) is 1.85. The Morgan fingerprint density at radius 1 is 1.05 bits per heavy atom. The third-order valence-corrected chi connectivity index (χ3v) is 2.80. The monoisotopic (exact) mass is 266 g/mol. The molecule has 0 spiro atoms. The molecule has 1 amide bonds. The molecule has 0 aliphatic carbocycles. The Balaban J connectivity index is 2.00. The van der Waals surface area contributed by atoms with Crippen LogP contribution in [-0.2, 0) is 0 Å². The third kappa shape index (κ3) is 2.14. The highest BCUT2D eigenvalue weighted by Gasteiger charge is 2.13. The molecule has 0 atom stereocenters. The summed E-state index contributed by atoms with van der Waals surface area (Å²) in [7, 11) is 0. The molecular weight excluding hydrogens is 256 g/mol. The van der Waals surface area contributed by atoms with Gasteiger partial charge in [-0.25, -0.2) is 9.97 Å². The van der Waals surface area contributed by atoms with Crippen molar-refractivity contribution < 1.29 is 4.79 Å². The smallest absolute Gasteiger partial charge is 0.267 e. The Morgan fingerprint density at radius 3 is 2.65 bits per heavy atom. The number of aromatic nitrogens is 3. The first-order valence-electron chi connectivity index (χ1n) is 5.94. The van der Waals surface area contributed by atoms with Crippen LogP contribution < -0.4 is 10.9 Å². The second-order valence-electron chi connectivity index (χ2n) is 4.07. The van der Waals surface area contributed by atoms with Gasteiger partial charge in [0.15, 0.2) is 0 Å². The van der Waals surface area contributed by atoms with Gasteiger partial charge in [-0.15, -0.1) is 0 Å². The lowest BCUT2D eigenvalue weighted by molar-refractivity contribution is 0.102. The van der Waals surface area contributed by atoms with E-state index < -0.39 is 5.91 Å². The summed E-state index contributed by atoms with van der Waals surface area (Å²) in [5.74, 6) is -0.366. The molecule has 0 saturated heterocycles. The van der Waals surface area contributed by atoms with E-state index in [2.05, 4.69) is 15.3 Å². The molecule has 3 aromatic rings. The van der Waals surface area contributed by atoms with Gasteiger partial charge in [0.2, 0.25) is 5.95 Å². The summed E-state index contributed by atoms with van der Waals surface area (Å²) in [6, 6.07) is 10.2. The minimum Gasteiger partial charge on any atom is -0.290 e. The van der Waals surface area contributed by atoms with Gasteiger partial charge in [-0.05, 0) is 30.3 Å². The predicted molar refractivity (Wildman–Crippen MR) is 73.7 cm³/mol. The van der Waals surface area contributed by atoms with E-state index in [1.807, 2.05) is 6.07 Å². The summed E-state index contributed by atoms with van der Waals surface area (Å²) in [5.41, 5.74) is 0.391. The number of pyridine rings is 2. The quantitative estimate of drug-likeness (QED) is 0.759. The third-order valence-electron chi connectivity index (χ3n) is 2.80. The van der Waals surface area contributed by atoms with E-state index >= 15 is 0 Å². The molecule has 20 heavy (non-hydrogen) atoms. The Labute approximate surface area is 113 Å². The van der Waals surface area contributed by atoms with Gasteiger partial charge < -0.3 is 0 Å². The molecule has 0 aromatic carbocycles. The van der Waals surface area contributed by atoms with Gasteiger partial charge in [-0.2, -0.15) is 0 Å². The summed E-state index contributed by atoms with van der Waals surface area (Å²) in [6.45, 7) is 0. The number of rotatable bonds is 2. The lowest BCUT2D eigenvalue weighted by atomic mass is 10.2. The summed E-state index contributed by atoms with van der Waals surface area (Å²) in [5, 5.41) is 2.49. The maximum atomic E-state index is 12.2. The number of carbonyl (C=O) groups is 1. The maximum absolute atomic E-state index is 12.2. The summed E-state index contributed by atoms with van der Waals surface area (Å²) >= 11 is 0. The fourth-order valence-corrected chi connectivity index (χ4v) is 1.85. The SMILES string of the molecule is O=C(Nc1ncccn1)c1ccc2ccccn2c1=O. The molecule has 0 aliphatic heterocycles.